The smallest absolute Gasteiger partial charge is 0.0153 e. The van der Waals surface area contributed by atoms with Crippen molar-refractivity contribution in [2.24, 2.45) is 11.1 Å². The average molecular weight is 238 g/mol. The molecular formula is C15H30N2. The number of hydrogen-bond donors (Lipinski definition) is 1. The number of likely N-dealkylation sites (tertiary alicyclic amines) is 1. The van der Waals surface area contributed by atoms with E-state index in [0.29, 0.717) is 11.0 Å². The molecule has 0 spiro atoms. The summed E-state index contributed by atoms with van der Waals surface area (Å²) in [5.41, 5.74) is 6.99. The summed E-state index contributed by atoms with van der Waals surface area (Å²) in [7, 11) is 0. The van der Waals surface area contributed by atoms with E-state index in [4.69, 9.17) is 5.73 Å². The minimum Gasteiger partial charge on any atom is -0.330 e. The molecule has 2 rings (SSSR count). The Labute approximate surface area is 107 Å². The average Bonchev–Trinajstić information content (AvgIpc) is 2.54. The van der Waals surface area contributed by atoms with Crippen LogP contribution in [0.3, 0.4) is 0 Å². The van der Waals surface area contributed by atoms with Crippen LogP contribution in [0.2, 0.25) is 0 Å². The lowest BCUT2D eigenvalue weighted by atomic mass is 9.79. The highest BCUT2D eigenvalue weighted by atomic mass is 15.2. The van der Waals surface area contributed by atoms with Gasteiger partial charge in [0.1, 0.15) is 0 Å². The molecule has 1 saturated carbocycles. The van der Waals surface area contributed by atoms with E-state index in [-0.39, 0.29) is 0 Å². The van der Waals surface area contributed by atoms with Gasteiger partial charge in [-0.2, -0.15) is 0 Å². The molecule has 0 aromatic carbocycles. The highest BCUT2D eigenvalue weighted by molar-refractivity contribution is 4.94. The second-order valence-electron chi connectivity index (χ2n) is 6.96. The Morgan fingerprint density at radius 1 is 0.941 bits per heavy atom. The Balaban J connectivity index is 2.02. The highest BCUT2D eigenvalue weighted by Crippen LogP contribution is 2.38. The van der Waals surface area contributed by atoms with Crippen LogP contribution < -0.4 is 5.73 Å². The van der Waals surface area contributed by atoms with Gasteiger partial charge in [0.15, 0.2) is 0 Å². The third-order valence-corrected chi connectivity index (χ3v) is 5.20. The van der Waals surface area contributed by atoms with Crippen LogP contribution in [0.1, 0.15) is 65.2 Å². The summed E-state index contributed by atoms with van der Waals surface area (Å²) < 4.78 is 0. The molecule has 0 radical (unpaired) electrons. The van der Waals surface area contributed by atoms with Crippen molar-refractivity contribution in [2.75, 3.05) is 19.6 Å². The van der Waals surface area contributed by atoms with Gasteiger partial charge in [0, 0.05) is 12.1 Å². The van der Waals surface area contributed by atoms with Gasteiger partial charge in [-0.25, -0.2) is 0 Å². The molecule has 2 nitrogen and oxygen atoms in total. The van der Waals surface area contributed by atoms with Gasteiger partial charge in [-0.1, -0.05) is 25.7 Å². The summed E-state index contributed by atoms with van der Waals surface area (Å²) in [6.45, 7) is 8.23. The number of hydrogen-bond acceptors (Lipinski definition) is 2. The number of nitrogens with two attached hydrogens (primary N) is 1. The first kappa shape index (κ1) is 13.4. The van der Waals surface area contributed by atoms with Crippen molar-refractivity contribution >= 4 is 0 Å². The standard InChI is InChI=1S/C15H30N2/c1-14(2)8-7-11-17(14)13-15(12-16)9-5-3-4-6-10-15/h3-13,16H2,1-2H3. The fourth-order valence-corrected chi connectivity index (χ4v) is 3.77. The second kappa shape index (κ2) is 5.27. The topological polar surface area (TPSA) is 29.3 Å². The maximum Gasteiger partial charge on any atom is 0.0153 e. The lowest BCUT2D eigenvalue weighted by Gasteiger charge is -2.41. The normalized spacial score (nSPS) is 29.1. The molecule has 1 saturated heterocycles. The Kier molecular flexibility index (Phi) is 4.14. The first-order valence-corrected chi connectivity index (χ1v) is 7.53. The van der Waals surface area contributed by atoms with Crippen LogP contribution in [-0.4, -0.2) is 30.1 Å². The minimum absolute atomic E-state index is 0.411. The Morgan fingerprint density at radius 3 is 2.06 bits per heavy atom. The van der Waals surface area contributed by atoms with E-state index in [2.05, 4.69) is 18.7 Å². The van der Waals surface area contributed by atoms with E-state index in [0.717, 1.165) is 6.54 Å². The monoisotopic (exact) mass is 238 g/mol. The maximum absolute atomic E-state index is 6.15. The molecule has 100 valence electrons. The second-order valence-corrected chi connectivity index (χ2v) is 6.96. The molecule has 17 heavy (non-hydrogen) atoms. The van der Waals surface area contributed by atoms with Crippen LogP contribution in [-0.2, 0) is 0 Å². The summed E-state index contributed by atoms with van der Waals surface area (Å²) in [6.07, 6.45) is 11.1. The van der Waals surface area contributed by atoms with Crippen molar-refractivity contribution in [1.82, 2.24) is 4.90 Å². The molecule has 0 aromatic heterocycles. The van der Waals surface area contributed by atoms with Gasteiger partial charge in [-0.15, -0.1) is 0 Å². The fourth-order valence-electron chi connectivity index (χ4n) is 3.77. The molecule has 0 unspecified atom stereocenters. The van der Waals surface area contributed by atoms with E-state index in [1.807, 2.05) is 0 Å². The molecule has 2 aliphatic rings. The fraction of sp³-hybridized carbons (Fsp3) is 1.00. The zero-order valence-electron chi connectivity index (χ0n) is 11.8. The molecule has 2 fully saturated rings. The quantitative estimate of drug-likeness (QED) is 0.765. The van der Waals surface area contributed by atoms with Crippen LogP contribution in [0.5, 0.6) is 0 Å². The van der Waals surface area contributed by atoms with Crippen LogP contribution >= 0.6 is 0 Å². The van der Waals surface area contributed by atoms with Crippen LogP contribution in [0.15, 0.2) is 0 Å². The largest absolute Gasteiger partial charge is 0.330 e. The molecular weight excluding hydrogens is 208 g/mol. The SMILES string of the molecule is CC1(C)CCCN1CC1(CN)CCCCCC1. The van der Waals surface area contributed by atoms with Gasteiger partial charge in [0.2, 0.25) is 0 Å². The predicted octanol–water partition coefficient (Wildman–Crippen LogP) is 3.16. The van der Waals surface area contributed by atoms with Crippen LogP contribution in [0.4, 0.5) is 0 Å². The molecule has 0 bridgehead atoms. The number of nitrogens with zero attached hydrogens (tertiary/aromatic N) is 1. The summed E-state index contributed by atoms with van der Waals surface area (Å²) in [4.78, 5) is 2.71. The van der Waals surface area contributed by atoms with E-state index in [1.165, 1.54) is 64.5 Å². The zero-order valence-corrected chi connectivity index (χ0v) is 11.8. The lowest BCUT2D eigenvalue weighted by Crippen LogP contribution is -2.48. The van der Waals surface area contributed by atoms with Crippen LogP contribution in [0.25, 0.3) is 0 Å². The van der Waals surface area contributed by atoms with Crippen molar-refractivity contribution in [1.29, 1.82) is 0 Å². The van der Waals surface area contributed by atoms with Gasteiger partial charge in [0.25, 0.3) is 0 Å². The molecule has 0 atom stereocenters. The van der Waals surface area contributed by atoms with Gasteiger partial charge < -0.3 is 5.73 Å². The number of rotatable bonds is 3. The summed E-state index contributed by atoms with van der Waals surface area (Å²) >= 11 is 0. The molecule has 2 N–H and O–H groups in total. The summed E-state index contributed by atoms with van der Waals surface area (Å²) in [6, 6.07) is 0. The first-order chi connectivity index (χ1) is 8.08. The van der Waals surface area contributed by atoms with Gasteiger partial charge in [0.05, 0.1) is 0 Å². The van der Waals surface area contributed by atoms with Crippen molar-refractivity contribution in [2.45, 2.75) is 70.8 Å². The third-order valence-electron chi connectivity index (χ3n) is 5.20. The molecule has 1 aliphatic carbocycles. The minimum atomic E-state index is 0.411. The van der Waals surface area contributed by atoms with Crippen LogP contribution in [0, 0.1) is 5.41 Å². The maximum atomic E-state index is 6.15. The predicted molar refractivity (Wildman–Crippen MR) is 74.1 cm³/mol. The Hall–Kier alpha value is -0.0800. The first-order valence-electron chi connectivity index (χ1n) is 7.53. The molecule has 1 heterocycles. The highest BCUT2D eigenvalue weighted by Gasteiger charge is 2.38. The van der Waals surface area contributed by atoms with E-state index in [1.54, 1.807) is 0 Å². The van der Waals surface area contributed by atoms with E-state index >= 15 is 0 Å². The summed E-state index contributed by atoms with van der Waals surface area (Å²) in [5, 5.41) is 0. The van der Waals surface area contributed by atoms with Gasteiger partial charge in [-0.3, -0.25) is 4.90 Å². The molecule has 0 amide bonds. The van der Waals surface area contributed by atoms with Crippen molar-refractivity contribution in [3.05, 3.63) is 0 Å². The summed E-state index contributed by atoms with van der Waals surface area (Å²) in [5.74, 6) is 0. The third kappa shape index (κ3) is 3.03. The molecule has 0 aromatic rings. The lowest BCUT2D eigenvalue weighted by molar-refractivity contribution is 0.0874. The molecule has 2 heteroatoms. The van der Waals surface area contributed by atoms with E-state index < -0.39 is 0 Å². The molecule has 1 aliphatic heterocycles. The van der Waals surface area contributed by atoms with Crippen molar-refractivity contribution < 1.29 is 0 Å². The zero-order chi connectivity index (χ0) is 12.4. The van der Waals surface area contributed by atoms with Crippen molar-refractivity contribution in [3.8, 4) is 0 Å². The van der Waals surface area contributed by atoms with Gasteiger partial charge in [-0.05, 0) is 58.0 Å². The van der Waals surface area contributed by atoms with Crippen molar-refractivity contribution in [3.63, 3.8) is 0 Å². The Morgan fingerprint density at radius 2 is 1.59 bits per heavy atom. The Bertz CT molecular complexity index is 239. The van der Waals surface area contributed by atoms with E-state index in [9.17, 15) is 0 Å². The van der Waals surface area contributed by atoms with Gasteiger partial charge >= 0.3 is 0 Å².